The van der Waals surface area contributed by atoms with E-state index in [1.165, 1.54) is 18.6 Å². The highest BCUT2D eigenvalue weighted by atomic mass is 79.9. The third kappa shape index (κ3) is 4.79. The number of hydrogen-bond acceptors (Lipinski definition) is 5. The van der Waals surface area contributed by atoms with E-state index in [1.54, 1.807) is 6.07 Å². The lowest BCUT2D eigenvalue weighted by Gasteiger charge is -2.10. The fraction of sp³-hybridized carbons (Fsp3) is 0.188. The van der Waals surface area contributed by atoms with Crippen molar-refractivity contribution in [2.24, 2.45) is 0 Å². The second kappa shape index (κ2) is 7.22. The molecule has 0 saturated carbocycles. The maximum atomic E-state index is 12.1. The molecule has 0 saturated heterocycles. The Kier molecular flexibility index (Phi) is 5.03. The van der Waals surface area contributed by atoms with Gasteiger partial charge in [-0.05, 0) is 23.8 Å². The number of hydrogen-bond donors (Lipinski definition) is 1. The van der Waals surface area contributed by atoms with E-state index in [1.807, 2.05) is 18.2 Å². The molecule has 9 heteroatoms. The molecule has 0 aliphatic heterocycles. The third-order valence-corrected chi connectivity index (χ3v) is 3.73. The van der Waals surface area contributed by atoms with Crippen molar-refractivity contribution in [3.63, 3.8) is 0 Å². The van der Waals surface area contributed by atoms with E-state index in [9.17, 15) is 13.2 Å². The summed E-state index contributed by atoms with van der Waals surface area (Å²) >= 11 is 3.41. The number of halogens is 4. The van der Waals surface area contributed by atoms with Gasteiger partial charge in [-0.2, -0.15) is 13.2 Å². The minimum Gasteiger partial charge on any atom is -0.468 e. The van der Waals surface area contributed by atoms with Crippen LogP contribution in [-0.2, 0) is 6.54 Å². The van der Waals surface area contributed by atoms with Gasteiger partial charge in [-0.1, -0.05) is 22.0 Å². The van der Waals surface area contributed by atoms with Gasteiger partial charge in [0, 0.05) is 28.7 Å². The Balaban J connectivity index is 1.67. The molecule has 0 unspecified atom stereocenters. The molecule has 0 aliphatic rings. The molecule has 0 spiro atoms. The van der Waals surface area contributed by atoms with Crippen LogP contribution in [0.4, 0.5) is 19.0 Å². The molecule has 3 rings (SSSR count). The first-order valence-electron chi connectivity index (χ1n) is 7.19. The maximum Gasteiger partial charge on any atom is 0.422 e. The smallest absolute Gasteiger partial charge is 0.422 e. The van der Waals surface area contributed by atoms with Crippen LogP contribution in [0.25, 0.3) is 10.9 Å². The summed E-state index contributed by atoms with van der Waals surface area (Å²) in [7, 11) is 0. The zero-order chi connectivity index (χ0) is 17.9. The summed E-state index contributed by atoms with van der Waals surface area (Å²) in [6.45, 7) is -0.954. The number of benzene rings is 1. The zero-order valence-corrected chi connectivity index (χ0v) is 14.3. The molecule has 0 radical (unpaired) electrons. The van der Waals surface area contributed by atoms with Gasteiger partial charge in [-0.25, -0.2) is 15.0 Å². The minimum atomic E-state index is -4.38. The van der Waals surface area contributed by atoms with Crippen molar-refractivity contribution in [1.29, 1.82) is 0 Å². The van der Waals surface area contributed by atoms with Crippen LogP contribution in [0.2, 0.25) is 0 Å². The zero-order valence-electron chi connectivity index (χ0n) is 12.7. The lowest BCUT2D eigenvalue weighted by Crippen LogP contribution is -2.19. The highest BCUT2D eigenvalue weighted by molar-refractivity contribution is 9.10. The molecule has 3 aromatic rings. The Morgan fingerprint density at radius 3 is 2.64 bits per heavy atom. The number of ether oxygens (including phenoxy) is 1. The summed E-state index contributed by atoms with van der Waals surface area (Å²) < 4.78 is 41.8. The Labute approximate surface area is 149 Å². The first-order chi connectivity index (χ1) is 11.9. The number of aromatic nitrogens is 3. The van der Waals surface area contributed by atoms with Gasteiger partial charge in [0.25, 0.3) is 0 Å². The molecule has 130 valence electrons. The Bertz CT molecular complexity index is 871. The van der Waals surface area contributed by atoms with Crippen LogP contribution >= 0.6 is 15.9 Å². The van der Waals surface area contributed by atoms with E-state index in [0.717, 1.165) is 20.9 Å². The average Bonchev–Trinajstić information content (AvgIpc) is 2.58. The first kappa shape index (κ1) is 17.4. The molecule has 0 atom stereocenters. The van der Waals surface area contributed by atoms with Crippen molar-refractivity contribution in [3.8, 4) is 5.88 Å². The molecule has 1 N–H and O–H groups in total. The van der Waals surface area contributed by atoms with E-state index < -0.39 is 12.8 Å². The number of rotatable bonds is 5. The molecule has 0 fully saturated rings. The summed E-state index contributed by atoms with van der Waals surface area (Å²) in [4.78, 5) is 12.3. The Morgan fingerprint density at radius 2 is 1.92 bits per heavy atom. The Hall–Kier alpha value is -2.42. The van der Waals surface area contributed by atoms with Crippen LogP contribution in [0.15, 0.2) is 47.3 Å². The number of nitrogens with zero attached hydrogens (tertiary/aromatic N) is 3. The molecular weight excluding hydrogens is 401 g/mol. The summed E-state index contributed by atoms with van der Waals surface area (Å²) in [6.07, 6.45) is -1.47. The van der Waals surface area contributed by atoms with Crippen molar-refractivity contribution in [2.45, 2.75) is 12.7 Å². The van der Waals surface area contributed by atoms with Crippen molar-refractivity contribution in [2.75, 3.05) is 11.9 Å². The van der Waals surface area contributed by atoms with E-state index in [4.69, 9.17) is 0 Å². The summed E-state index contributed by atoms with van der Waals surface area (Å²) in [5.74, 6) is 0.584. The van der Waals surface area contributed by atoms with E-state index >= 15 is 0 Å². The predicted molar refractivity (Wildman–Crippen MR) is 90.4 cm³/mol. The van der Waals surface area contributed by atoms with Crippen LogP contribution in [0.5, 0.6) is 5.88 Å². The standard InChI is InChI=1S/C16H12BrF3N4O/c17-11-2-3-13-12(5-11)15(24-9-23-13)22-7-10-1-4-14(21-6-10)25-8-16(18,19)20/h1-6,9H,7-8H2,(H,22,23,24). The SMILES string of the molecule is FC(F)(F)COc1ccc(CNc2ncnc3ccc(Br)cc23)cn1. The van der Waals surface area contributed by atoms with Crippen LogP contribution in [0.3, 0.4) is 0 Å². The molecule has 0 amide bonds. The largest absolute Gasteiger partial charge is 0.468 e. The van der Waals surface area contributed by atoms with E-state index in [-0.39, 0.29) is 5.88 Å². The van der Waals surface area contributed by atoms with E-state index in [0.29, 0.717) is 12.4 Å². The molecule has 25 heavy (non-hydrogen) atoms. The van der Waals surface area contributed by atoms with Crippen molar-refractivity contribution in [3.05, 3.63) is 52.9 Å². The lowest BCUT2D eigenvalue weighted by molar-refractivity contribution is -0.154. The molecule has 0 bridgehead atoms. The average molecular weight is 413 g/mol. The molecule has 5 nitrogen and oxygen atoms in total. The fourth-order valence-electron chi connectivity index (χ4n) is 2.11. The van der Waals surface area contributed by atoms with Crippen molar-refractivity contribution in [1.82, 2.24) is 15.0 Å². The van der Waals surface area contributed by atoms with Crippen LogP contribution in [-0.4, -0.2) is 27.7 Å². The van der Waals surface area contributed by atoms with Gasteiger partial charge in [0.1, 0.15) is 12.1 Å². The second-order valence-corrected chi connectivity index (χ2v) is 6.06. The highest BCUT2D eigenvalue weighted by Gasteiger charge is 2.28. The predicted octanol–water partition coefficient (Wildman–Crippen LogP) is 4.34. The van der Waals surface area contributed by atoms with Crippen LogP contribution in [0, 0.1) is 0 Å². The summed E-state index contributed by atoms with van der Waals surface area (Å²) in [5, 5.41) is 4.03. The van der Waals surface area contributed by atoms with Gasteiger partial charge in [-0.3, -0.25) is 0 Å². The fourth-order valence-corrected chi connectivity index (χ4v) is 2.47. The van der Waals surface area contributed by atoms with Crippen molar-refractivity contribution >= 4 is 32.7 Å². The summed E-state index contributed by atoms with van der Waals surface area (Å²) in [5.41, 5.74) is 1.58. The number of anilines is 1. The molecular formula is C16H12BrF3N4O. The quantitative estimate of drug-likeness (QED) is 0.675. The van der Waals surface area contributed by atoms with Gasteiger partial charge in [-0.15, -0.1) is 0 Å². The minimum absolute atomic E-state index is 0.0718. The van der Waals surface area contributed by atoms with Crippen LogP contribution < -0.4 is 10.1 Å². The van der Waals surface area contributed by atoms with Gasteiger partial charge in [0.15, 0.2) is 6.61 Å². The third-order valence-electron chi connectivity index (χ3n) is 3.24. The molecule has 0 aliphatic carbocycles. The molecule has 1 aromatic carbocycles. The van der Waals surface area contributed by atoms with Crippen molar-refractivity contribution < 1.29 is 17.9 Å². The maximum absolute atomic E-state index is 12.1. The van der Waals surface area contributed by atoms with Crippen LogP contribution in [0.1, 0.15) is 5.56 Å². The normalized spacial score (nSPS) is 11.5. The summed E-state index contributed by atoms with van der Waals surface area (Å²) in [6, 6.07) is 8.72. The Morgan fingerprint density at radius 1 is 1.08 bits per heavy atom. The van der Waals surface area contributed by atoms with Gasteiger partial charge < -0.3 is 10.1 Å². The first-order valence-corrected chi connectivity index (χ1v) is 7.99. The lowest BCUT2D eigenvalue weighted by atomic mass is 10.2. The highest BCUT2D eigenvalue weighted by Crippen LogP contribution is 2.24. The number of fused-ring (bicyclic) bond motifs is 1. The number of alkyl halides is 3. The molecule has 2 aromatic heterocycles. The topological polar surface area (TPSA) is 59.9 Å². The van der Waals surface area contributed by atoms with Gasteiger partial charge >= 0.3 is 6.18 Å². The second-order valence-electron chi connectivity index (χ2n) is 5.15. The van der Waals surface area contributed by atoms with Gasteiger partial charge in [0.2, 0.25) is 5.88 Å². The molecule has 2 heterocycles. The number of pyridine rings is 1. The number of nitrogens with one attached hydrogen (secondary N) is 1. The van der Waals surface area contributed by atoms with Gasteiger partial charge in [0.05, 0.1) is 5.52 Å². The van der Waals surface area contributed by atoms with E-state index in [2.05, 4.69) is 40.9 Å². The monoisotopic (exact) mass is 412 g/mol.